The maximum atomic E-state index is 10.1. The van der Waals surface area contributed by atoms with Crippen LogP contribution in [0.15, 0.2) is 30.3 Å². The quantitative estimate of drug-likeness (QED) is 0.575. The molecule has 15 heavy (non-hydrogen) atoms. The van der Waals surface area contributed by atoms with Crippen LogP contribution in [-0.2, 0) is 15.5 Å². The van der Waals surface area contributed by atoms with E-state index in [1.54, 1.807) is 0 Å². The zero-order chi connectivity index (χ0) is 10.9. The third-order valence-corrected chi connectivity index (χ3v) is 2.10. The van der Waals surface area contributed by atoms with Gasteiger partial charge in [-0.15, -0.1) is 0 Å². The first kappa shape index (κ1) is 12.2. The van der Waals surface area contributed by atoms with E-state index in [4.69, 9.17) is 9.29 Å². The molecule has 4 nitrogen and oxygen atoms in total. The van der Waals surface area contributed by atoms with Crippen LogP contribution in [0.5, 0.6) is 5.75 Å². The van der Waals surface area contributed by atoms with Gasteiger partial charge in [0.25, 0.3) is 0 Å². The molecule has 1 aromatic carbocycles. The molecule has 0 fully saturated rings. The third kappa shape index (κ3) is 6.22. The topological polar surface area (TPSA) is 55.8 Å². The second-order valence-corrected chi connectivity index (χ2v) is 3.58. The summed E-state index contributed by atoms with van der Waals surface area (Å²) in [4.78, 5) is 0. The van der Waals surface area contributed by atoms with Gasteiger partial charge >= 0.3 is 11.4 Å². The molecule has 0 spiro atoms. The van der Waals surface area contributed by atoms with Crippen molar-refractivity contribution in [2.45, 2.75) is 12.8 Å². The predicted molar refractivity (Wildman–Crippen MR) is 57.9 cm³/mol. The molecule has 0 saturated carbocycles. The fourth-order valence-corrected chi connectivity index (χ4v) is 1.30. The van der Waals surface area contributed by atoms with E-state index in [2.05, 4.69) is 4.18 Å². The Hall–Kier alpha value is -0.910. The summed E-state index contributed by atoms with van der Waals surface area (Å²) in [5.74, 6) is 0.837. The van der Waals surface area contributed by atoms with E-state index in [0.29, 0.717) is 13.0 Å². The molecule has 0 saturated heterocycles. The zero-order valence-electron chi connectivity index (χ0n) is 8.30. The molecule has 1 N–H and O–H groups in total. The summed E-state index contributed by atoms with van der Waals surface area (Å²) in [6, 6.07) is 9.52. The summed E-state index contributed by atoms with van der Waals surface area (Å²) in [5.41, 5.74) is 0. The first-order chi connectivity index (χ1) is 7.29. The second-order valence-electron chi connectivity index (χ2n) is 2.91. The van der Waals surface area contributed by atoms with Gasteiger partial charge < -0.3 is 4.74 Å². The number of hydrogen-bond donors (Lipinski definition) is 1. The van der Waals surface area contributed by atoms with Gasteiger partial charge in [0, 0.05) is 0 Å². The first-order valence-electron chi connectivity index (χ1n) is 4.71. The molecule has 0 aliphatic rings. The monoisotopic (exact) mass is 230 g/mol. The molecule has 0 radical (unpaired) electrons. The van der Waals surface area contributed by atoms with Gasteiger partial charge in [-0.3, -0.25) is 8.74 Å². The number of ether oxygens (including phenoxy) is 1. The Morgan fingerprint density at radius 2 is 1.80 bits per heavy atom. The number of hydrogen-bond acceptors (Lipinski definition) is 3. The number of rotatable bonds is 7. The molecule has 1 aromatic rings. The molecule has 5 heteroatoms. The average Bonchev–Trinajstić information content (AvgIpc) is 2.24. The van der Waals surface area contributed by atoms with Gasteiger partial charge in [0.05, 0.1) is 13.2 Å². The fraction of sp³-hybridized carbons (Fsp3) is 0.400. The van der Waals surface area contributed by atoms with E-state index < -0.39 is 11.4 Å². The van der Waals surface area contributed by atoms with Gasteiger partial charge in [-0.1, -0.05) is 18.2 Å². The van der Waals surface area contributed by atoms with Crippen LogP contribution in [0, 0.1) is 0 Å². The Bertz CT molecular complexity index is 289. The Kier molecular flexibility index (Phi) is 5.99. The molecule has 0 amide bonds. The summed E-state index contributed by atoms with van der Waals surface area (Å²) in [6.45, 7) is 0.868. The Labute approximate surface area is 91.7 Å². The minimum Gasteiger partial charge on any atom is -0.494 e. The lowest BCUT2D eigenvalue weighted by atomic mass is 10.3. The van der Waals surface area contributed by atoms with Gasteiger partial charge in [0.2, 0.25) is 0 Å². The Morgan fingerprint density at radius 1 is 1.13 bits per heavy atom. The molecule has 0 aliphatic heterocycles. The summed E-state index contributed by atoms with van der Waals surface area (Å²) in [5, 5.41) is 0. The SMILES string of the molecule is O=S(O)OCCCCOc1ccccc1. The summed E-state index contributed by atoms with van der Waals surface area (Å²) in [7, 11) is 0. The molecular weight excluding hydrogens is 216 g/mol. The minimum atomic E-state index is -2.15. The van der Waals surface area contributed by atoms with Crippen molar-refractivity contribution in [3.63, 3.8) is 0 Å². The smallest absolute Gasteiger partial charge is 0.301 e. The van der Waals surface area contributed by atoms with Gasteiger partial charge in [0.1, 0.15) is 5.75 Å². The van der Waals surface area contributed by atoms with Gasteiger partial charge in [-0.25, -0.2) is 0 Å². The van der Waals surface area contributed by atoms with Crippen molar-refractivity contribution in [1.29, 1.82) is 0 Å². The van der Waals surface area contributed by atoms with Crippen LogP contribution in [0.25, 0.3) is 0 Å². The molecule has 1 unspecified atom stereocenters. The van der Waals surface area contributed by atoms with E-state index in [-0.39, 0.29) is 6.61 Å². The van der Waals surface area contributed by atoms with E-state index in [1.807, 2.05) is 30.3 Å². The molecule has 0 aliphatic carbocycles. The van der Waals surface area contributed by atoms with Crippen molar-refractivity contribution in [2.24, 2.45) is 0 Å². The van der Waals surface area contributed by atoms with Crippen molar-refractivity contribution in [3.05, 3.63) is 30.3 Å². The van der Waals surface area contributed by atoms with E-state index in [9.17, 15) is 4.21 Å². The third-order valence-electron chi connectivity index (χ3n) is 1.73. The highest BCUT2D eigenvalue weighted by Gasteiger charge is 1.95. The summed E-state index contributed by atoms with van der Waals surface area (Å²) >= 11 is -2.15. The second kappa shape index (κ2) is 7.39. The molecule has 1 rings (SSSR count). The van der Waals surface area contributed by atoms with E-state index >= 15 is 0 Å². The van der Waals surface area contributed by atoms with Crippen molar-refractivity contribution in [1.82, 2.24) is 0 Å². The molecular formula is C10H14O4S. The highest BCUT2D eigenvalue weighted by Crippen LogP contribution is 2.08. The predicted octanol–water partition coefficient (Wildman–Crippen LogP) is 2.00. The lowest BCUT2D eigenvalue weighted by molar-refractivity contribution is 0.264. The van der Waals surface area contributed by atoms with Crippen molar-refractivity contribution in [3.8, 4) is 5.75 Å². The molecule has 1 atom stereocenters. The van der Waals surface area contributed by atoms with Crippen molar-refractivity contribution in [2.75, 3.05) is 13.2 Å². The summed E-state index contributed by atoms with van der Waals surface area (Å²) in [6.07, 6.45) is 1.51. The highest BCUT2D eigenvalue weighted by molar-refractivity contribution is 7.74. The maximum absolute atomic E-state index is 10.1. The van der Waals surface area contributed by atoms with Gasteiger partial charge in [-0.05, 0) is 25.0 Å². The Morgan fingerprint density at radius 3 is 2.47 bits per heavy atom. The van der Waals surface area contributed by atoms with E-state index in [0.717, 1.165) is 12.2 Å². The van der Waals surface area contributed by atoms with Crippen molar-refractivity contribution < 1.29 is 17.7 Å². The zero-order valence-corrected chi connectivity index (χ0v) is 9.11. The molecule has 0 heterocycles. The van der Waals surface area contributed by atoms with Crippen LogP contribution >= 0.6 is 0 Å². The van der Waals surface area contributed by atoms with Gasteiger partial charge in [-0.2, -0.15) is 4.21 Å². The van der Waals surface area contributed by atoms with Crippen LogP contribution in [0.4, 0.5) is 0 Å². The van der Waals surface area contributed by atoms with Crippen LogP contribution in [0.1, 0.15) is 12.8 Å². The molecule has 0 bridgehead atoms. The number of para-hydroxylation sites is 1. The normalized spacial score (nSPS) is 12.3. The fourth-order valence-electron chi connectivity index (χ4n) is 1.04. The van der Waals surface area contributed by atoms with Crippen LogP contribution in [-0.4, -0.2) is 22.0 Å². The summed E-state index contributed by atoms with van der Waals surface area (Å²) < 4.78 is 28.3. The maximum Gasteiger partial charge on any atom is 0.301 e. The lowest BCUT2D eigenvalue weighted by Crippen LogP contribution is -2.01. The van der Waals surface area contributed by atoms with Gasteiger partial charge in [0.15, 0.2) is 0 Å². The standard InChI is InChI=1S/C10H14O4S/c11-15(12)14-9-5-4-8-13-10-6-2-1-3-7-10/h1-3,6-7H,4-5,8-9H2,(H,11,12). The average molecular weight is 230 g/mol. The van der Waals surface area contributed by atoms with Crippen molar-refractivity contribution >= 4 is 11.4 Å². The molecule has 84 valence electrons. The largest absolute Gasteiger partial charge is 0.494 e. The minimum absolute atomic E-state index is 0.279. The highest BCUT2D eigenvalue weighted by atomic mass is 32.2. The first-order valence-corrected chi connectivity index (χ1v) is 5.74. The lowest BCUT2D eigenvalue weighted by Gasteiger charge is -2.04. The molecule has 0 aromatic heterocycles. The van der Waals surface area contributed by atoms with Crippen LogP contribution in [0.3, 0.4) is 0 Å². The van der Waals surface area contributed by atoms with E-state index in [1.165, 1.54) is 0 Å². The van der Waals surface area contributed by atoms with Crippen LogP contribution in [0.2, 0.25) is 0 Å². The number of benzene rings is 1. The Balaban J connectivity index is 2.00. The van der Waals surface area contributed by atoms with Crippen LogP contribution < -0.4 is 4.74 Å². The number of unbranched alkanes of at least 4 members (excludes halogenated alkanes) is 1.